The van der Waals surface area contributed by atoms with E-state index in [0.717, 1.165) is 22.3 Å². The summed E-state index contributed by atoms with van der Waals surface area (Å²) in [6, 6.07) is 13.9. The van der Waals surface area contributed by atoms with Crippen molar-refractivity contribution in [2.45, 2.75) is 16.7 Å². The number of hydrogen-bond acceptors (Lipinski definition) is 9. The maximum atomic E-state index is 12.4. The number of aryl methyl sites for hydroxylation is 1. The van der Waals surface area contributed by atoms with E-state index in [1.165, 1.54) is 35.9 Å². The van der Waals surface area contributed by atoms with E-state index >= 15 is 0 Å². The van der Waals surface area contributed by atoms with Gasteiger partial charge in [-0.3, -0.25) is 10.1 Å². The van der Waals surface area contributed by atoms with Gasteiger partial charge in [0.2, 0.25) is 0 Å². The van der Waals surface area contributed by atoms with Crippen molar-refractivity contribution in [1.82, 2.24) is 19.7 Å². The Balaban J connectivity index is 1.46. The average Bonchev–Trinajstić information content (AvgIpc) is 3.42. The zero-order chi connectivity index (χ0) is 21.8. The van der Waals surface area contributed by atoms with E-state index in [1.54, 1.807) is 11.6 Å². The molecule has 0 saturated carbocycles. The van der Waals surface area contributed by atoms with E-state index < -0.39 is 10.9 Å². The molecule has 0 N–H and O–H groups in total. The van der Waals surface area contributed by atoms with Gasteiger partial charge in [-0.1, -0.05) is 30.3 Å². The Kier molecular flexibility index (Phi) is 6.05. The fourth-order valence-electron chi connectivity index (χ4n) is 2.65. The molecule has 2 aromatic carbocycles. The molecule has 0 bridgehead atoms. The van der Waals surface area contributed by atoms with Gasteiger partial charge < -0.3 is 9.30 Å². The number of rotatable bonds is 7. The van der Waals surface area contributed by atoms with E-state index in [9.17, 15) is 14.9 Å². The Hall–Kier alpha value is -3.57. The maximum Gasteiger partial charge on any atom is 0.338 e. The fourth-order valence-corrected chi connectivity index (χ4v) is 4.31. The monoisotopic (exact) mass is 453 g/mol. The number of nitrogens with zero attached hydrogens (tertiary/aromatic N) is 5. The highest BCUT2D eigenvalue weighted by Gasteiger charge is 2.21. The van der Waals surface area contributed by atoms with E-state index in [4.69, 9.17) is 4.74 Å². The molecule has 0 fully saturated rings. The van der Waals surface area contributed by atoms with E-state index in [1.807, 2.05) is 35.7 Å². The molecule has 0 saturated heterocycles. The van der Waals surface area contributed by atoms with Gasteiger partial charge in [-0.05, 0) is 23.9 Å². The number of esters is 1. The Morgan fingerprint density at radius 2 is 2.06 bits per heavy atom. The number of hydrogen-bond donors (Lipinski definition) is 0. The minimum atomic E-state index is -0.660. The van der Waals surface area contributed by atoms with Crippen LogP contribution < -0.4 is 0 Å². The smallest absolute Gasteiger partial charge is 0.338 e. The van der Waals surface area contributed by atoms with Crippen molar-refractivity contribution in [3.05, 3.63) is 81.6 Å². The Bertz CT molecular complexity index is 1240. The van der Waals surface area contributed by atoms with Gasteiger partial charge in [0.1, 0.15) is 17.9 Å². The third-order valence-electron chi connectivity index (χ3n) is 4.19. The van der Waals surface area contributed by atoms with Crippen molar-refractivity contribution in [3.8, 4) is 10.6 Å². The number of carbonyl (C=O) groups excluding carboxylic acids is 1. The Morgan fingerprint density at radius 1 is 1.26 bits per heavy atom. The second-order valence-electron chi connectivity index (χ2n) is 6.35. The molecule has 4 rings (SSSR count). The summed E-state index contributed by atoms with van der Waals surface area (Å²) in [6.07, 6.45) is 1.50. The highest BCUT2D eigenvalue weighted by molar-refractivity contribution is 7.99. The first-order valence-electron chi connectivity index (χ1n) is 8.98. The lowest BCUT2D eigenvalue weighted by atomic mass is 10.2. The van der Waals surface area contributed by atoms with E-state index in [2.05, 4.69) is 15.2 Å². The van der Waals surface area contributed by atoms with Crippen LogP contribution in [0.4, 0.5) is 5.69 Å². The first-order chi connectivity index (χ1) is 15.0. The predicted molar refractivity (Wildman–Crippen MR) is 115 cm³/mol. The molecule has 9 nitrogen and oxygen atoms in total. The van der Waals surface area contributed by atoms with Crippen LogP contribution in [0.25, 0.3) is 10.6 Å². The van der Waals surface area contributed by atoms with Gasteiger partial charge in [-0.25, -0.2) is 9.78 Å². The molecule has 0 aliphatic carbocycles. The Morgan fingerprint density at radius 3 is 2.77 bits per heavy atom. The SMILES string of the molecule is Cn1cnnc1Sc1ccc(C(=O)OCc2csc(-c3ccccc3)n2)cc1[N+](=O)[O-]. The summed E-state index contributed by atoms with van der Waals surface area (Å²) >= 11 is 2.55. The number of nitro benzene ring substituents is 1. The molecule has 0 unspecified atom stereocenters. The second-order valence-corrected chi connectivity index (χ2v) is 8.22. The van der Waals surface area contributed by atoms with Crippen LogP contribution >= 0.6 is 23.1 Å². The zero-order valence-electron chi connectivity index (χ0n) is 16.2. The van der Waals surface area contributed by atoms with Gasteiger partial charge in [0.25, 0.3) is 5.69 Å². The normalized spacial score (nSPS) is 10.7. The van der Waals surface area contributed by atoms with Gasteiger partial charge >= 0.3 is 5.97 Å². The number of benzene rings is 2. The van der Waals surface area contributed by atoms with Crippen molar-refractivity contribution >= 4 is 34.8 Å². The molecule has 0 spiro atoms. The molecular weight excluding hydrogens is 438 g/mol. The highest BCUT2D eigenvalue weighted by atomic mass is 32.2. The zero-order valence-corrected chi connectivity index (χ0v) is 17.8. The average molecular weight is 454 g/mol. The molecule has 0 aliphatic heterocycles. The molecule has 4 aromatic rings. The maximum absolute atomic E-state index is 12.4. The topological polar surface area (TPSA) is 113 Å². The van der Waals surface area contributed by atoms with E-state index in [-0.39, 0.29) is 17.9 Å². The molecule has 0 amide bonds. The van der Waals surface area contributed by atoms with Crippen LogP contribution in [-0.2, 0) is 18.4 Å². The van der Waals surface area contributed by atoms with Crippen LogP contribution in [0.2, 0.25) is 0 Å². The number of aromatic nitrogens is 4. The summed E-state index contributed by atoms with van der Waals surface area (Å²) in [5.74, 6) is -0.660. The first-order valence-corrected chi connectivity index (χ1v) is 10.7. The lowest BCUT2D eigenvalue weighted by Gasteiger charge is -2.06. The standard InChI is InChI=1S/C20H15N5O4S2/c1-24-12-21-23-20(24)31-17-8-7-14(9-16(17)25(27)28)19(26)29-10-15-11-30-18(22-15)13-5-3-2-4-6-13/h2-9,11-12H,10H2,1H3. The highest BCUT2D eigenvalue weighted by Crippen LogP contribution is 2.34. The van der Waals surface area contributed by atoms with Crippen molar-refractivity contribution in [2.75, 3.05) is 0 Å². The van der Waals surface area contributed by atoms with E-state index in [0.29, 0.717) is 15.7 Å². The largest absolute Gasteiger partial charge is 0.456 e. The molecular formula is C20H15N5O4S2. The second kappa shape index (κ2) is 9.06. The number of nitro groups is 1. The van der Waals surface area contributed by atoms with Crippen LogP contribution in [0.5, 0.6) is 0 Å². The molecule has 0 aliphatic rings. The van der Waals surface area contributed by atoms with Crippen LogP contribution in [-0.4, -0.2) is 30.6 Å². The van der Waals surface area contributed by atoms with Crippen molar-refractivity contribution < 1.29 is 14.5 Å². The summed E-state index contributed by atoms with van der Waals surface area (Å²) in [5, 5.41) is 22.3. The molecule has 0 radical (unpaired) electrons. The number of carbonyl (C=O) groups is 1. The molecule has 31 heavy (non-hydrogen) atoms. The van der Waals surface area contributed by atoms with Crippen LogP contribution in [0.15, 0.2) is 70.3 Å². The molecule has 0 atom stereocenters. The van der Waals surface area contributed by atoms with Gasteiger partial charge in [0, 0.05) is 24.1 Å². The summed E-state index contributed by atoms with van der Waals surface area (Å²) in [4.78, 5) is 28.2. The van der Waals surface area contributed by atoms with Crippen molar-refractivity contribution in [3.63, 3.8) is 0 Å². The minimum Gasteiger partial charge on any atom is -0.456 e. The summed E-state index contributed by atoms with van der Waals surface area (Å²) in [7, 11) is 1.74. The minimum absolute atomic E-state index is 0.0224. The number of ether oxygens (including phenoxy) is 1. The third kappa shape index (κ3) is 4.78. The summed E-state index contributed by atoms with van der Waals surface area (Å²) in [5.41, 5.74) is 1.48. The first kappa shape index (κ1) is 20.7. The summed E-state index contributed by atoms with van der Waals surface area (Å²) in [6.45, 7) is -0.0224. The predicted octanol–water partition coefficient (Wildman–Crippen LogP) is 4.36. The fraction of sp³-hybridized carbons (Fsp3) is 0.100. The third-order valence-corrected chi connectivity index (χ3v) is 6.24. The Labute approximate surface area is 184 Å². The lowest BCUT2D eigenvalue weighted by molar-refractivity contribution is -0.387. The van der Waals surface area contributed by atoms with Crippen molar-refractivity contribution in [1.29, 1.82) is 0 Å². The van der Waals surface area contributed by atoms with Gasteiger partial charge in [-0.15, -0.1) is 21.5 Å². The van der Waals surface area contributed by atoms with Crippen LogP contribution in [0, 0.1) is 10.1 Å². The number of thiazole rings is 1. The quantitative estimate of drug-likeness (QED) is 0.230. The molecule has 156 valence electrons. The molecule has 2 aromatic heterocycles. The molecule has 11 heteroatoms. The summed E-state index contributed by atoms with van der Waals surface area (Å²) < 4.78 is 6.96. The van der Waals surface area contributed by atoms with Crippen LogP contribution in [0.3, 0.4) is 0 Å². The van der Waals surface area contributed by atoms with Gasteiger partial charge in [0.15, 0.2) is 5.16 Å². The molecule has 2 heterocycles. The lowest BCUT2D eigenvalue weighted by Crippen LogP contribution is -2.06. The van der Waals surface area contributed by atoms with Gasteiger partial charge in [-0.2, -0.15) is 0 Å². The van der Waals surface area contributed by atoms with Crippen molar-refractivity contribution in [2.24, 2.45) is 7.05 Å². The van der Waals surface area contributed by atoms with Crippen LogP contribution in [0.1, 0.15) is 16.1 Å². The van der Waals surface area contributed by atoms with Gasteiger partial charge in [0.05, 0.1) is 21.1 Å².